The number of amides is 1. The average molecular weight is 276 g/mol. The number of carbonyl (C=O) groups is 2. The number of nitrogens with zero attached hydrogens (tertiary/aromatic N) is 1. The molecule has 0 aliphatic rings. The number of para-hydroxylation sites is 1. The molecule has 0 bridgehead atoms. The highest BCUT2D eigenvalue weighted by Gasteiger charge is 2.14. The number of hydrogen-bond acceptors (Lipinski definition) is 5. The van der Waals surface area contributed by atoms with Crippen molar-refractivity contribution in [2.24, 2.45) is 0 Å². The number of ketones is 1. The zero-order valence-electron chi connectivity index (χ0n) is 10.5. The fraction of sp³-hybridized carbons (Fsp3) is 0.154. The van der Waals surface area contributed by atoms with Crippen LogP contribution in [0.15, 0.2) is 30.5 Å². The average Bonchev–Trinajstić information content (AvgIpc) is 2.87. The van der Waals surface area contributed by atoms with Crippen molar-refractivity contribution in [1.29, 1.82) is 0 Å². The Morgan fingerprint density at radius 1 is 1.32 bits per heavy atom. The summed E-state index contributed by atoms with van der Waals surface area (Å²) in [4.78, 5) is 27.7. The van der Waals surface area contributed by atoms with Gasteiger partial charge in [0.25, 0.3) is 5.91 Å². The van der Waals surface area contributed by atoms with Crippen LogP contribution in [0.1, 0.15) is 27.0 Å². The first-order valence-electron chi connectivity index (χ1n) is 5.53. The Hall–Kier alpha value is -2.21. The van der Waals surface area contributed by atoms with E-state index in [1.807, 2.05) is 0 Å². The van der Waals surface area contributed by atoms with Crippen molar-refractivity contribution >= 4 is 28.2 Å². The molecule has 5 nitrogen and oxygen atoms in total. The van der Waals surface area contributed by atoms with Gasteiger partial charge >= 0.3 is 0 Å². The molecule has 0 aliphatic heterocycles. The van der Waals surface area contributed by atoms with E-state index in [4.69, 9.17) is 4.74 Å². The van der Waals surface area contributed by atoms with Gasteiger partial charge < -0.3 is 4.74 Å². The summed E-state index contributed by atoms with van der Waals surface area (Å²) in [5.41, 5.74) is 0.421. The van der Waals surface area contributed by atoms with Crippen molar-refractivity contribution in [2.75, 3.05) is 12.4 Å². The highest BCUT2D eigenvalue weighted by atomic mass is 32.1. The minimum Gasteiger partial charge on any atom is -0.496 e. The maximum absolute atomic E-state index is 12.1. The highest BCUT2D eigenvalue weighted by Crippen LogP contribution is 2.22. The van der Waals surface area contributed by atoms with E-state index in [-0.39, 0.29) is 11.7 Å². The molecule has 1 heterocycles. The topological polar surface area (TPSA) is 68.3 Å². The largest absolute Gasteiger partial charge is 0.496 e. The van der Waals surface area contributed by atoms with Gasteiger partial charge in [-0.3, -0.25) is 14.9 Å². The van der Waals surface area contributed by atoms with Crippen molar-refractivity contribution in [1.82, 2.24) is 4.98 Å². The van der Waals surface area contributed by atoms with E-state index in [9.17, 15) is 9.59 Å². The van der Waals surface area contributed by atoms with Gasteiger partial charge in [-0.05, 0) is 12.1 Å². The molecule has 98 valence electrons. The molecule has 19 heavy (non-hydrogen) atoms. The lowest BCUT2D eigenvalue weighted by atomic mass is 10.2. The lowest BCUT2D eigenvalue weighted by Crippen LogP contribution is -2.12. The van der Waals surface area contributed by atoms with E-state index < -0.39 is 0 Å². The lowest BCUT2D eigenvalue weighted by Gasteiger charge is -2.06. The molecule has 0 spiro atoms. The summed E-state index contributed by atoms with van der Waals surface area (Å²) in [5, 5.41) is 3.03. The standard InChI is InChI=1S/C13H12N2O3S/c1-8(16)11-7-14-13(19-11)15-12(17)9-5-3-4-6-10(9)18-2/h3-7H,1-2H3,(H,14,15,17). The maximum Gasteiger partial charge on any atom is 0.261 e. The van der Waals surface area contributed by atoms with E-state index in [0.29, 0.717) is 21.3 Å². The molecule has 1 N–H and O–H groups in total. The van der Waals surface area contributed by atoms with Crippen molar-refractivity contribution in [3.05, 3.63) is 40.9 Å². The first kappa shape index (κ1) is 13.2. The third kappa shape index (κ3) is 2.97. The van der Waals surface area contributed by atoms with Crippen LogP contribution in [-0.4, -0.2) is 23.8 Å². The quantitative estimate of drug-likeness (QED) is 0.871. The van der Waals surface area contributed by atoms with Gasteiger partial charge in [0, 0.05) is 6.92 Å². The zero-order chi connectivity index (χ0) is 13.8. The van der Waals surface area contributed by atoms with Crippen LogP contribution in [0.25, 0.3) is 0 Å². The highest BCUT2D eigenvalue weighted by molar-refractivity contribution is 7.17. The van der Waals surface area contributed by atoms with E-state index in [1.165, 1.54) is 20.2 Å². The monoisotopic (exact) mass is 276 g/mol. The number of thiazole rings is 1. The Morgan fingerprint density at radius 3 is 2.68 bits per heavy atom. The Labute approximate surface area is 114 Å². The van der Waals surface area contributed by atoms with Gasteiger partial charge in [0.05, 0.1) is 23.7 Å². The van der Waals surface area contributed by atoms with Crippen LogP contribution < -0.4 is 10.1 Å². The van der Waals surface area contributed by atoms with Crippen molar-refractivity contribution < 1.29 is 14.3 Å². The van der Waals surface area contributed by atoms with Crippen molar-refractivity contribution in [3.63, 3.8) is 0 Å². The first-order chi connectivity index (χ1) is 9.11. The Kier molecular flexibility index (Phi) is 3.91. The molecule has 0 aliphatic carbocycles. The summed E-state index contributed by atoms with van der Waals surface area (Å²) in [5.74, 6) is 0.0977. The predicted molar refractivity (Wildman–Crippen MR) is 73.1 cm³/mol. The zero-order valence-corrected chi connectivity index (χ0v) is 11.3. The molecule has 1 amide bonds. The normalized spacial score (nSPS) is 10.0. The van der Waals surface area contributed by atoms with Gasteiger partial charge in [-0.15, -0.1) is 0 Å². The summed E-state index contributed by atoms with van der Waals surface area (Å²) in [7, 11) is 1.50. The first-order valence-corrected chi connectivity index (χ1v) is 6.34. The summed E-state index contributed by atoms with van der Waals surface area (Å²) >= 11 is 1.14. The SMILES string of the molecule is COc1ccccc1C(=O)Nc1ncc(C(C)=O)s1. The molecule has 2 aromatic rings. The smallest absolute Gasteiger partial charge is 0.261 e. The van der Waals surface area contributed by atoms with Crippen LogP contribution in [0.4, 0.5) is 5.13 Å². The molecule has 0 fully saturated rings. The molecule has 0 radical (unpaired) electrons. The molecule has 0 saturated heterocycles. The van der Waals surface area contributed by atoms with Gasteiger partial charge in [0.2, 0.25) is 0 Å². The molecule has 6 heteroatoms. The lowest BCUT2D eigenvalue weighted by molar-refractivity contribution is 0.101. The van der Waals surface area contributed by atoms with Crippen LogP contribution in [0.3, 0.4) is 0 Å². The number of methoxy groups -OCH3 is 1. The number of carbonyl (C=O) groups excluding carboxylic acids is 2. The van der Waals surface area contributed by atoms with Crippen LogP contribution in [0.2, 0.25) is 0 Å². The van der Waals surface area contributed by atoms with Crippen molar-refractivity contribution in [3.8, 4) is 5.75 Å². The Morgan fingerprint density at radius 2 is 2.05 bits per heavy atom. The third-order valence-electron chi connectivity index (χ3n) is 2.42. The van der Waals surface area contributed by atoms with E-state index >= 15 is 0 Å². The second-order valence-corrected chi connectivity index (χ2v) is 4.77. The molecular formula is C13H12N2O3S. The van der Waals surface area contributed by atoms with Gasteiger partial charge in [-0.25, -0.2) is 4.98 Å². The summed E-state index contributed by atoms with van der Waals surface area (Å²) in [6.07, 6.45) is 1.45. The molecule has 0 unspecified atom stereocenters. The number of rotatable bonds is 4. The number of hydrogen-bond donors (Lipinski definition) is 1. The number of benzene rings is 1. The van der Waals surface area contributed by atoms with Crippen LogP contribution in [0.5, 0.6) is 5.75 Å². The molecular weight excluding hydrogens is 264 g/mol. The molecule has 2 rings (SSSR count). The fourth-order valence-corrected chi connectivity index (χ4v) is 2.20. The van der Waals surface area contributed by atoms with Crippen molar-refractivity contribution in [2.45, 2.75) is 6.92 Å². The van der Waals surface area contributed by atoms with Crippen LogP contribution >= 0.6 is 11.3 Å². The molecule has 0 atom stereocenters. The summed E-state index contributed by atoms with van der Waals surface area (Å²) in [6, 6.07) is 6.90. The maximum atomic E-state index is 12.1. The second kappa shape index (κ2) is 5.62. The van der Waals surface area contributed by atoms with Gasteiger partial charge in [0.1, 0.15) is 5.75 Å². The van der Waals surface area contributed by atoms with E-state index in [0.717, 1.165) is 11.3 Å². The molecule has 0 saturated carbocycles. The van der Waals surface area contributed by atoms with Crippen LogP contribution in [-0.2, 0) is 0 Å². The molecule has 1 aromatic carbocycles. The van der Waals surface area contributed by atoms with E-state index in [1.54, 1.807) is 24.3 Å². The number of nitrogens with one attached hydrogen (secondary N) is 1. The van der Waals surface area contributed by atoms with Crippen LogP contribution in [0, 0.1) is 0 Å². The van der Waals surface area contributed by atoms with Gasteiger partial charge in [0.15, 0.2) is 10.9 Å². The Bertz CT molecular complexity index is 622. The van der Waals surface area contributed by atoms with Gasteiger partial charge in [-0.2, -0.15) is 0 Å². The minimum atomic E-state index is -0.318. The predicted octanol–water partition coefficient (Wildman–Crippen LogP) is 2.61. The fourth-order valence-electron chi connectivity index (χ4n) is 1.49. The van der Waals surface area contributed by atoms with E-state index in [2.05, 4.69) is 10.3 Å². The summed E-state index contributed by atoms with van der Waals surface area (Å²) < 4.78 is 5.12. The third-order valence-corrected chi connectivity index (χ3v) is 3.44. The summed E-state index contributed by atoms with van der Waals surface area (Å²) in [6.45, 7) is 1.46. The number of anilines is 1. The molecule has 1 aromatic heterocycles. The van der Waals surface area contributed by atoms with Gasteiger partial charge in [-0.1, -0.05) is 23.5 Å². The number of aromatic nitrogens is 1. The second-order valence-electron chi connectivity index (χ2n) is 3.74. The Balaban J connectivity index is 2.18. The minimum absolute atomic E-state index is 0.0738. The number of Topliss-reactive ketones (excluding diaryl/α,β-unsaturated/α-hetero) is 1. The number of ether oxygens (including phenoxy) is 1.